The standard InChI is InChI=1S/C28H32O16/c1-8-16(31)20(35)22(37)27(40-8)43-14-7-13-15(18(33)25(14)39-3)19(34)26(24(42-13)10-4-5-11(29)12(30)6-10)44-28-23(38)21(36)17(32)9(2)41-28/h4-9,16-17,20-23,27-33,35-38H,1-3H3/t8-,9-,16-,17-,20-,21-,22+,23-,27-,28-/m0/s1. The van der Waals surface area contributed by atoms with Crippen molar-refractivity contribution in [2.75, 3.05) is 7.11 Å². The molecular formula is C28H32O16. The van der Waals surface area contributed by atoms with Crippen molar-refractivity contribution in [3.63, 3.8) is 0 Å². The van der Waals surface area contributed by atoms with Crippen LogP contribution in [-0.4, -0.2) is 114 Å². The Kier molecular flexibility index (Phi) is 8.54. The van der Waals surface area contributed by atoms with Gasteiger partial charge in [-0.05, 0) is 32.0 Å². The monoisotopic (exact) mass is 624 g/mol. The molecule has 44 heavy (non-hydrogen) atoms. The number of benzene rings is 2. The molecule has 3 heterocycles. The first-order valence-electron chi connectivity index (χ1n) is 13.4. The van der Waals surface area contributed by atoms with Crippen LogP contribution in [0.15, 0.2) is 33.5 Å². The Labute approximate surface area is 248 Å². The third-order valence-corrected chi connectivity index (χ3v) is 7.57. The maximum absolute atomic E-state index is 13.9. The largest absolute Gasteiger partial charge is 0.504 e. The second kappa shape index (κ2) is 11.9. The first kappa shape index (κ1) is 31.6. The highest BCUT2D eigenvalue weighted by atomic mass is 16.7. The molecule has 3 aromatic rings. The lowest BCUT2D eigenvalue weighted by Crippen LogP contribution is -2.58. The molecule has 16 heteroatoms. The molecule has 0 aliphatic carbocycles. The van der Waals surface area contributed by atoms with E-state index in [0.29, 0.717) is 0 Å². The fraction of sp³-hybridized carbons (Fsp3) is 0.464. The van der Waals surface area contributed by atoms with E-state index in [0.717, 1.165) is 25.3 Å². The zero-order valence-corrected chi connectivity index (χ0v) is 23.5. The second-order valence-corrected chi connectivity index (χ2v) is 10.5. The van der Waals surface area contributed by atoms with Gasteiger partial charge in [0.05, 0.1) is 19.3 Å². The second-order valence-electron chi connectivity index (χ2n) is 10.5. The van der Waals surface area contributed by atoms with Crippen LogP contribution in [0.2, 0.25) is 0 Å². The Morgan fingerprint density at radius 1 is 0.705 bits per heavy atom. The van der Waals surface area contributed by atoms with Crippen LogP contribution in [0.5, 0.6) is 34.5 Å². The molecular weight excluding hydrogens is 592 g/mol. The minimum atomic E-state index is -1.84. The maximum atomic E-state index is 13.9. The molecule has 2 saturated heterocycles. The van der Waals surface area contributed by atoms with Gasteiger partial charge in [-0.1, -0.05) is 0 Å². The maximum Gasteiger partial charge on any atom is 0.239 e. The van der Waals surface area contributed by atoms with Crippen LogP contribution in [-0.2, 0) is 9.47 Å². The van der Waals surface area contributed by atoms with Gasteiger partial charge >= 0.3 is 0 Å². The third-order valence-electron chi connectivity index (χ3n) is 7.57. The molecule has 0 unspecified atom stereocenters. The Morgan fingerprint density at radius 2 is 1.27 bits per heavy atom. The SMILES string of the molecule is COc1c(O[C@@H]2O[C@@H](C)[C@H](O)[C@H](O)[C@H]2O)cc2oc(-c3ccc(O)c(O)c3)c(O[C@@H]3O[C@@H](C)[C@H](O)[C@H](O)[C@@H]3O)c(=O)c2c1O. The van der Waals surface area contributed by atoms with Crippen LogP contribution >= 0.6 is 0 Å². The number of rotatable bonds is 6. The first-order chi connectivity index (χ1) is 20.7. The van der Waals surface area contributed by atoms with Gasteiger partial charge < -0.3 is 74.1 Å². The smallest absolute Gasteiger partial charge is 0.239 e. The number of aliphatic hydroxyl groups excluding tert-OH is 6. The highest BCUT2D eigenvalue weighted by Gasteiger charge is 2.45. The lowest BCUT2D eigenvalue weighted by molar-refractivity contribution is -0.268. The van der Waals surface area contributed by atoms with E-state index in [2.05, 4.69) is 0 Å². The van der Waals surface area contributed by atoms with E-state index < -0.39 is 107 Å². The van der Waals surface area contributed by atoms with Gasteiger partial charge in [-0.3, -0.25) is 4.79 Å². The van der Waals surface area contributed by atoms with Crippen molar-refractivity contribution in [2.45, 2.75) is 75.3 Å². The molecule has 0 bridgehead atoms. The number of fused-ring (bicyclic) bond motifs is 1. The van der Waals surface area contributed by atoms with E-state index in [4.69, 9.17) is 28.1 Å². The minimum absolute atomic E-state index is 0.0250. The molecule has 1 aromatic heterocycles. The van der Waals surface area contributed by atoms with Crippen LogP contribution in [0.4, 0.5) is 0 Å². The van der Waals surface area contributed by atoms with Gasteiger partial charge in [-0.15, -0.1) is 0 Å². The molecule has 2 aromatic carbocycles. The number of aliphatic hydroxyl groups is 6. The Bertz CT molecular complexity index is 1590. The van der Waals surface area contributed by atoms with E-state index in [-0.39, 0.29) is 16.9 Å². The zero-order chi connectivity index (χ0) is 32.2. The van der Waals surface area contributed by atoms with Gasteiger partial charge in [0.1, 0.15) is 47.6 Å². The van der Waals surface area contributed by atoms with Gasteiger partial charge in [0, 0.05) is 11.6 Å². The molecule has 0 saturated carbocycles. The summed E-state index contributed by atoms with van der Waals surface area (Å²) in [4.78, 5) is 13.9. The quantitative estimate of drug-likeness (QED) is 0.149. The number of methoxy groups -OCH3 is 1. The van der Waals surface area contributed by atoms with E-state index in [1.807, 2.05) is 0 Å². The van der Waals surface area contributed by atoms with Crippen molar-refractivity contribution in [3.05, 3.63) is 34.5 Å². The van der Waals surface area contributed by atoms with Crippen molar-refractivity contribution in [2.24, 2.45) is 0 Å². The van der Waals surface area contributed by atoms with E-state index in [1.54, 1.807) is 0 Å². The van der Waals surface area contributed by atoms with Crippen LogP contribution in [0.25, 0.3) is 22.3 Å². The molecule has 2 fully saturated rings. The van der Waals surface area contributed by atoms with Crippen LogP contribution in [0, 0.1) is 0 Å². The number of hydrogen-bond acceptors (Lipinski definition) is 16. The summed E-state index contributed by atoms with van der Waals surface area (Å²) in [6.07, 6.45) is -15.1. The molecule has 240 valence electrons. The number of ether oxygens (including phenoxy) is 5. The van der Waals surface area contributed by atoms with Gasteiger partial charge in [0.2, 0.25) is 29.5 Å². The van der Waals surface area contributed by atoms with Crippen molar-refractivity contribution < 1.29 is 74.1 Å². The van der Waals surface area contributed by atoms with Gasteiger partial charge in [0.15, 0.2) is 28.8 Å². The average molecular weight is 625 g/mol. The average Bonchev–Trinajstić information content (AvgIpc) is 2.98. The molecule has 0 radical (unpaired) electrons. The number of hydrogen-bond donors (Lipinski definition) is 9. The Balaban J connectivity index is 1.67. The van der Waals surface area contributed by atoms with E-state index >= 15 is 0 Å². The summed E-state index contributed by atoms with van der Waals surface area (Å²) in [6, 6.07) is 4.49. The van der Waals surface area contributed by atoms with Gasteiger partial charge in [0.25, 0.3) is 0 Å². The van der Waals surface area contributed by atoms with Gasteiger partial charge in [-0.2, -0.15) is 0 Å². The Hall–Kier alpha value is -3.87. The predicted octanol–water partition coefficient (Wildman–Crippen LogP) is -1.00. The van der Waals surface area contributed by atoms with E-state index in [1.165, 1.54) is 19.9 Å². The summed E-state index contributed by atoms with van der Waals surface area (Å²) in [5.41, 5.74) is -1.41. The summed E-state index contributed by atoms with van der Waals surface area (Å²) < 4.78 is 33.5. The highest BCUT2D eigenvalue weighted by molar-refractivity contribution is 5.91. The van der Waals surface area contributed by atoms with Crippen molar-refractivity contribution in [1.82, 2.24) is 0 Å². The molecule has 9 N–H and O–H groups in total. The summed E-state index contributed by atoms with van der Waals surface area (Å²) in [5, 5.41) is 92.0. The normalized spacial score (nSPS) is 32.4. The summed E-state index contributed by atoms with van der Waals surface area (Å²) in [6.45, 7) is 2.82. The molecule has 5 rings (SSSR count). The third kappa shape index (κ3) is 5.35. The molecule has 0 amide bonds. The van der Waals surface area contributed by atoms with Crippen molar-refractivity contribution >= 4 is 11.0 Å². The Morgan fingerprint density at radius 3 is 1.82 bits per heavy atom. The molecule has 2 aliphatic heterocycles. The molecule has 10 atom stereocenters. The molecule has 0 spiro atoms. The number of phenolic OH excluding ortho intramolecular Hbond substituents is 3. The van der Waals surface area contributed by atoms with E-state index in [9.17, 15) is 50.8 Å². The number of aromatic hydroxyl groups is 3. The van der Waals surface area contributed by atoms with Gasteiger partial charge in [-0.25, -0.2) is 0 Å². The van der Waals surface area contributed by atoms with Crippen LogP contribution in [0.1, 0.15) is 13.8 Å². The fourth-order valence-corrected chi connectivity index (χ4v) is 4.99. The van der Waals surface area contributed by atoms with Crippen molar-refractivity contribution in [3.8, 4) is 45.8 Å². The topological polar surface area (TPSA) is 258 Å². The summed E-state index contributed by atoms with van der Waals surface area (Å²) in [5.74, 6) is -3.70. The number of phenols is 3. The molecule has 2 aliphatic rings. The highest BCUT2D eigenvalue weighted by Crippen LogP contribution is 2.45. The fourth-order valence-electron chi connectivity index (χ4n) is 4.99. The summed E-state index contributed by atoms with van der Waals surface area (Å²) in [7, 11) is 1.14. The van der Waals surface area contributed by atoms with Crippen molar-refractivity contribution in [1.29, 1.82) is 0 Å². The van der Waals surface area contributed by atoms with Crippen LogP contribution in [0.3, 0.4) is 0 Å². The summed E-state index contributed by atoms with van der Waals surface area (Å²) >= 11 is 0. The lowest BCUT2D eigenvalue weighted by Gasteiger charge is -2.39. The lowest BCUT2D eigenvalue weighted by atomic mass is 10.00. The minimum Gasteiger partial charge on any atom is -0.504 e. The predicted molar refractivity (Wildman–Crippen MR) is 145 cm³/mol. The molecule has 16 nitrogen and oxygen atoms in total. The first-order valence-corrected chi connectivity index (χ1v) is 13.4. The zero-order valence-electron chi connectivity index (χ0n) is 23.5. The van der Waals surface area contributed by atoms with Crippen LogP contribution < -0.4 is 19.6 Å².